The van der Waals surface area contributed by atoms with Gasteiger partial charge in [0.05, 0.1) is 11.1 Å². The van der Waals surface area contributed by atoms with E-state index < -0.39 is 97.5 Å². The summed E-state index contributed by atoms with van der Waals surface area (Å²) in [6.07, 6.45) is -5.56. The first-order chi connectivity index (χ1) is 26.0. The van der Waals surface area contributed by atoms with E-state index in [9.17, 15) is 33.9 Å². The van der Waals surface area contributed by atoms with Crippen LogP contribution in [0.4, 0.5) is 0 Å². The summed E-state index contributed by atoms with van der Waals surface area (Å²) in [4.78, 5) is 85.3. The number of halogens is 2. The molecule has 20 nitrogen and oxygen atoms in total. The van der Waals surface area contributed by atoms with Crippen molar-refractivity contribution in [2.45, 2.75) is 111 Å². The van der Waals surface area contributed by atoms with E-state index in [1.54, 1.807) is 6.07 Å². The van der Waals surface area contributed by atoms with E-state index in [1.165, 1.54) is 46.8 Å². The van der Waals surface area contributed by atoms with E-state index in [0.717, 1.165) is 13.8 Å². The van der Waals surface area contributed by atoms with Crippen LogP contribution in [0.25, 0.3) is 0 Å². The van der Waals surface area contributed by atoms with Crippen molar-refractivity contribution in [1.82, 2.24) is 0 Å². The van der Waals surface area contributed by atoms with Crippen molar-refractivity contribution in [2.75, 3.05) is 19.8 Å². The van der Waals surface area contributed by atoms with Gasteiger partial charge in [-0.25, -0.2) is 4.79 Å². The summed E-state index contributed by atoms with van der Waals surface area (Å²) in [5.74, 6) is -4.75. The number of carbonyl (C=O) groups is 8. The van der Waals surface area contributed by atoms with E-state index in [4.69, 9.17) is 85.6 Å². The second-order valence-electron chi connectivity index (χ2n) is 11.5. The van der Waals surface area contributed by atoms with Crippen LogP contribution in [0.2, 0.25) is 10.0 Å². The zero-order chi connectivity index (χ0) is 43.1. The van der Waals surface area contributed by atoms with Gasteiger partial charge in [-0.1, -0.05) is 23.2 Å². The quantitative estimate of drug-likeness (QED) is 0.213. The lowest BCUT2D eigenvalue weighted by molar-refractivity contribution is -0.252. The molecule has 0 aliphatic carbocycles. The SMILES string of the molecule is CC(=O)O.CC(=O)O.CC(=O)OCC1CC(OC(C)=O)CC(OC(=O)COc2ccc(Cl)cc2Cl)O1.CC(=O)OCC1O[C@H](O)CC(OC(C)=O)[C@@H]1OC(C)=O. The van der Waals surface area contributed by atoms with Crippen molar-refractivity contribution in [3.63, 3.8) is 0 Å². The van der Waals surface area contributed by atoms with Crippen molar-refractivity contribution in [1.29, 1.82) is 0 Å². The van der Waals surface area contributed by atoms with E-state index in [1.807, 2.05) is 0 Å². The molecule has 5 unspecified atom stereocenters. The third kappa shape index (κ3) is 25.3. The standard InChI is InChI=1S/C18H20Cl2O8.C12H18O8.2C2H4O2/c1-10(21)24-8-14-6-13(26-11(2)22)7-18(27-14)28-17(23)9-25-16-4-3-12(19)5-15(16)20;1-6(13)17-5-10-12(19-8(3)15)9(18-7(2)14)4-11(16)20-10;2*1-2(3)4/h3-5,13-14,18H,6-9H2,1-2H3;9-12,16H,4-5H2,1-3H3;2*1H3,(H,3,4)/t;9?,10?,11-,12-;;/m.0../s1. The molecule has 2 saturated heterocycles. The fourth-order valence-corrected chi connectivity index (χ4v) is 4.94. The largest absolute Gasteiger partial charge is 0.481 e. The van der Waals surface area contributed by atoms with Gasteiger partial charge in [-0.15, -0.1) is 0 Å². The Labute approximate surface area is 331 Å². The minimum absolute atomic E-state index is 0.0336. The van der Waals surface area contributed by atoms with Gasteiger partial charge in [0, 0.05) is 72.8 Å². The monoisotopic (exact) mass is 844 g/mol. The lowest BCUT2D eigenvalue weighted by atomic mass is 10.0. The van der Waals surface area contributed by atoms with Gasteiger partial charge in [0.15, 0.2) is 19.0 Å². The molecule has 1 aromatic carbocycles. The molecule has 2 fully saturated rings. The van der Waals surface area contributed by atoms with E-state index in [2.05, 4.69) is 0 Å². The molecule has 0 aromatic heterocycles. The summed E-state index contributed by atoms with van der Waals surface area (Å²) in [5.41, 5.74) is 0. The highest BCUT2D eigenvalue weighted by Gasteiger charge is 2.43. The number of carboxylic acid groups (broad SMARTS) is 2. The van der Waals surface area contributed by atoms with Gasteiger partial charge in [0.2, 0.25) is 6.29 Å². The Morgan fingerprint density at radius 3 is 1.73 bits per heavy atom. The molecule has 3 rings (SSSR count). The number of hydrogen-bond acceptors (Lipinski definition) is 18. The lowest BCUT2D eigenvalue weighted by Gasteiger charge is -2.38. The number of aliphatic carboxylic acids is 2. The number of carboxylic acids is 2. The summed E-state index contributed by atoms with van der Waals surface area (Å²) >= 11 is 11.8. The first kappa shape index (κ1) is 51.2. The van der Waals surface area contributed by atoms with E-state index >= 15 is 0 Å². The predicted molar refractivity (Wildman–Crippen MR) is 188 cm³/mol. The fourth-order valence-electron chi connectivity index (χ4n) is 4.48. The highest BCUT2D eigenvalue weighted by atomic mass is 35.5. The molecule has 2 aliphatic heterocycles. The summed E-state index contributed by atoms with van der Waals surface area (Å²) in [6.45, 7) is 7.65. The topological polar surface area (TPSA) is 280 Å². The molecule has 0 amide bonds. The number of carbonyl (C=O) groups excluding carboxylic acids is 6. The van der Waals surface area contributed by atoms with E-state index in [-0.39, 0.29) is 36.8 Å². The third-order valence-electron chi connectivity index (χ3n) is 6.20. The summed E-state index contributed by atoms with van der Waals surface area (Å²) in [6, 6.07) is 4.58. The van der Waals surface area contributed by atoms with Crippen molar-refractivity contribution in [3.8, 4) is 5.75 Å². The Kier molecular flexibility index (Phi) is 24.7. The fraction of sp³-hybridized carbons (Fsp3) is 0.588. The van der Waals surface area contributed by atoms with Crippen LogP contribution in [-0.4, -0.2) is 126 Å². The first-order valence-corrected chi connectivity index (χ1v) is 17.2. The van der Waals surface area contributed by atoms with Gasteiger partial charge in [-0.2, -0.15) is 0 Å². The average Bonchev–Trinajstić information content (AvgIpc) is 3.02. The summed E-state index contributed by atoms with van der Waals surface area (Å²) in [5, 5.41) is 25.1. The van der Waals surface area contributed by atoms with Crippen LogP contribution in [0.3, 0.4) is 0 Å². The summed E-state index contributed by atoms with van der Waals surface area (Å²) in [7, 11) is 0. The zero-order valence-electron chi connectivity index (χ0n) is 31.6. The van der Waals surface area contributed by atoms with Crippen LogP contribution in [0, 0.1) is 0 Å². The maximum absolute atomic E-state index is 12.1. The minimum atomic E-state index is -1.20. The Balaban J connectivity index is 0.000000939. The van der Waals surface area contributed by atoms with Crippen LogP contribution >= 0.6 is 23.2 Å². The minimum Gasteiger partial charge on any atom is -0.481 e. The normalized spacial score (nSPS) is 22.1. The van der Waals surface area contributed by atoms with Crippen LogP contribution in [0.1, 0.15) is 67.7 Å². The summed E-state index contributed by atoms with van der Waals surface area (Å²) < 4.78 is 46.3. The predicted octanol–water partition coefficient (Wildman–Crippen LogP) is 2.62. The number of esters is 6. The third-order valence-corrected chi connectivity index (χ3v) is 6.73. The van der Waals surface area contributed by atoms with Gasteiger partial charge < -0.3 is 58.0 Å². The van der Waals surface area contributed by atoms with Crippen molar-refractivity contribution >= 4 is 71.0 Å². The second-order valence-corrected chi connectivity index (χ2v) is 12.3. The average molecular weight is 846 g/mol. The number of ether oxygens (including phenoxy) is 9. The number of aliphatic hydroxyl groups excluding tert-OH is 1. The number of benzene rings is 1. The second kappa shape index (κ2) is 26.9. The zero-order valence-corrected chi connectivity index (χ0v) is 33.1. The van der Waals surface area contributed by atoms with Crippen LogP contribution in [0.5, 0.6) is 5.75 Å². The molecular formula is C34H46Cl2O20. The van der Waals surface area contributed by atoms with Crippen LogP contribution < -0.4 is 4.74 Å². The molecule has 2 aliphatic rings. The van der Waals surface area contributed by atoms with Crippen molar-refractivity contribution in [2.24, 2.45) is 0 Å². The molecule has 0 bridgehead atoms. The molecule has 0 radical (unpaired) electrons. The van der Waals surface area contributed by atoms with Gasteiger partial charge in [0.25, 0.3) is 11.9 Å². The highest BCUT2D eigenvalue weighted by molar-refractivity contribution is 6.35. The molecule has 2 heterocycles. The maximum Gasteiger partial charge on any atom is 0.346 e. The van der Waals surface area contributed by atoms with Gasteiger partial charge in [0.1, 0.15) is 37.3 Å². The van der Waals surface area contributed by atoms with Crippen molar-refractivity contribution in [3.05, 3.63) is 28.2 Å². The van der Waals surface area contributed by atoms with Crippen LogP contribution in [0.15, 0.2) is 18.2 Å². The Hall–Kier alpha value is -4.76. The van der Waals surface area contributed by atoms with Gasteiger partial charge in [-0.05, 0) is 18.2 Å². The number of aliphatic hydroxyl groups is 1. The maximum atomic E-state index is 12.1. The van der Waals surface area contributed by atoms with Crippen LogP contribution in [-0.2, 0) is 76.3 Å². The number of hydrogen-bond donors (Lipinski definition) is 3. The number of rotatable bonds is 11. The van der Waals surface area contributed by atoms with E-state index in [0.29, 0.717) is 11.4 Å². The molecule has 7 atom stereocenters. The highest BCUT2D eigenvalue weighted by Crippen LogP contribution is 2.28. The first-order valence-electron chi connectivity index (χ1n) is 16.4. The van der Waals surface area contributed by atoms with Gasteiger partial charge >= 0.3 is 35.8 Å². The Morgan fingerprint density at radius 1 is 0.696 bits per heavy atom. The molecule has 3 N–H and O–H groups in total. The lowest BCUT2D eigenvalue weighted by Crippen LogP contribution is -2.53. The van der Waals surface area contributed by atoms with Gasteiger partial charge in [-0.3, -0.25) is 33.6 Å². The Bertz CT molecular complexity index is 1470. The molecular weight excluding hydrogens is 799 g/mol. The molecule has 0 spiro atoms. The smallest absolute Gasteiger partial charge is 0.346 e. The Morgan fingerprint density at radius 2 is 1.23 bits per heavy atom. The molecule has 0 saturated carbocycles. The van der Waals surface area contributed by atoms with Crippen molar-refractivity contribution < 1.29 is 96.3 Å². The molecule has 1 aromatic rings. The molecule has 316 valence electrons. The molecule has 22 heteroatoms. The molecule has 56 heavy (non-hydrogen) atoms.